The Hall–Kier alpha value is -1.95. The third-order valence-corrected chi connectivity index (χ3v) is 5.87. The molecule has 122 valence electrons. The largest absolute Gasteiger partial charge is 0.397 e. The predicted molar refractivity (Wildman–Crippen MR) is 87.9 cm³/mol. The van der Waals surface area contributed by atoms with E-state index in [1.165, 1.54) is 23.7 Å². The molecule has 4 N–H and O–H groups in total. The zero-order chi connectivity index (χ0) is 17.4. The van der Waals surface area contributed by atoms with Gasteiger partial charge in [0.15, 0.2) is 0 Å². The first-order valence-electron chi connectivity index (χ1n) is 6.39. The van der Waals surface area contributed by atoms with Gasteiger partial charge in [-0.25, -0.2) is 13.1 Å². The summed E-state index contributed by atoms with van der Waals surface area (Å²) >= 11 is 11.9. The first kappa shape index (κ1) is 17.4. The molecule has 2 rings (SSSR count). The normalized spacial score (nSPS) is 11.4. The van der Waals surface area contributed by atoms with Gasteiger partial charge in [0.05, 0.1) is 45.4 Å². The standard InChI is InChI=1S/C13H13Cl2N5O2S/c1-7-12(13(18)20(19-7)4-2-3-16)23(21,22)11-6-8(14)10(17)5-9(11)15/h5-6H,2,4,17-18H2,1H3. The number of nitriles is 1. The molecule has 0 aliphatic rings. The van der Waals surface area contributed by atoms with E-state index in [0.717, 1.165) is 0 Å². The van der Waals surface area contributed by atoms with E-state index in [-0.39, 0.29) is 50.0 Å². The van der Waals surface area contributed by atoms with Crippen LogP contribution in [0.1, 0.15) is 12.1 Å². The quantitative estimate of drug-likeness (QED) is 0.791. The van der Waals surface area contributed by atoms with Crippen LogP contribution >= 0.6 is 23.2 Å². The zero-order valence-electron chi connectivity index (χ0n) is 12.0. The molecule has 0 aliphatic heterocycles. The summed E-state index contributed by atoms with van der Waals surface area (Å²) in [6.07, 6.45) is 0.152. The molecule has 7 nitrogen and oxygen atoms in total. The molecule has 0 atom stereocenters. The van der Waals surface area contributed by atoms with Crippen LogP contribution in [-0.4, -0.2) is 18.2 Å². The topological polar surface area (TPSA) is 128 Å². The van der Waals surface area contributed by atoms with E-state index < -0.39 is 9.84 Å². The Balaban J connectivity index is 2.64. The lowest BCUT2D eigenvalue weighted by Gasteiger charge is -2.09. The first-order valence-corrected chi connectivity index (χ1v) is 8.63. The highest BCUT2D eigenvalue weighted by Gasteiger charge is 2.29. The molecule has 0 saturated carbocycles. The number of halogens is 2. The predicted octanol–water partition coefficient (Wildman–Crippen LogP) is 2.41. The third-order valence-electron chi connectivity index (χ3n) is 3.15. The van der Waals surface area contributed by atoms with Crippen LogP contribution in [-0.2, 0) is 16.4 Å². The van der Waals surface area contributed by atoms with Crippen LogP contribution in [0.15, 0.2) is 21.9 Å². The summed E-state index contributed by atoms with van der Waals surface area (Å²) in [5.41, 5.74) is 11.9. The van der Waals surface area contributed by atoms with Gasteiger partial charge in [-0.2, -0.15) is 10.4 Å². The number of rotatable bonds is 4. The Morgan fingerprint density at radius 1 is 1.30 bits per heavy atom. The molecule has 0 amide bonds. The Bertz CT molecular complexity index is 915. The van der Waals surface area contributed by atoms with Crippen molar-refractivity contribution in [3.8, 4) is 6.07 Å². The van der Waals surface area contributed by atoms with E-state index in [4.69, 9.17) is 39.9 Å². The molecule has 10 heteroatoms. The van der Waals surface area contributed by atoms with Crippen molar-refractivity contribution in [2.75, 3.05) is 11.5 Å². The van der Waals surface area contributed by atoms with Gasteiger partial charge in [-0.3, -0.25) is 0 Å². The zero-order valence-corrected chi connectivity index (χ0v) is 14.4. The smallest absolute Gasteiger partial charge is 0.213 e. The number of sulfone groups is 1. The van der Waals surface area contributed by atoms with Crippen molar-refractivity contribution in [3.63, 3.8) is 0 Å². The van der Waals surface area contributed by atoms with E-state index in [0.29, 0.717) is 0 Å². The molecule has 0 radical (unpaired) electrons. The summed E-state index contributed by atoms with van der Waals surface area (Å²) in [4.78, 5) is -0.355. The Kier molecular flexibility index (Phi) is 4.75. The van der Waals surface area contributed by atoms with Gasteiger partial charge in [0.25, 0.3) is 0 Å². The Morgan fingerprint density at radius 2 is 1.96 bits per heavy atom. The molecule has 23 heavy (non-hydrogen) atoms. The van der Waals surface area contributed by atoms with E-state index in [1.54, 1.807) is 0 Å². The van der Waals surface area contributed by atoms with E-state index in [2.05, 4.69) is 5.10 Å². The molecule has 0 unspecified atom stereocenters. The average Bonchev–Trinajstić information content (AvgIpc) is 2.75. The van der Waals surface area contributed by atoms with Crippen molar-refractivity contribution in [1.82, 2.24) is 9.78 Å². The second kappa shape index (κ2) is 6.28. The van der Waals surface area contributed by atoms with Gasteiger partial charge in [-0.05, 0) is 19.1 Å². The fraction of sp³-hybridized carbons (Fsp3) is 0.231. The second-order valence-electron chi connectivity index (χ2n) is 4.74. The van der Waals surface area contributed by atoms with E-state index in [9.17, 15) is 8.42 Å². The molecule has 0 aliphatic carbocycles. The summed E-state index contributed by atoms with van der Waals surface area (Å²) in [6.45, 7) is 1.70. The number of nitrogens with zero attached hydrogens (tertiary/aromatic N) is 3. The lowest BCUT2D eigenvalue weighted by molar-refractivity contribution is 0.595. The third kappa shape index (κ3) is 3.08. The number of hydrogen-bond acceptors (Lipinski definition) is 6. The lowest BCUT2D eigenvalue weighted by Crippen LogP contribution is -2.09. The molecular formula is C13H13Cl2N5O2S. The summed E-state index contributed by atoms with van der Waals surface area (Å²) in [5, 5.41) is 12.7. The fourth-order valence-electron chi connectivity index (χ4n) is 2.10. The number of nitrogens with two attached hydrogens (primary N) is 2. The first-order chi connectivity index (χ1) is 10.7. The van der Waals surface area contributed by atoms with Gasteiger partial charge in [0.1, 0.15) is 10.7 Å². The Morgan fingerprint density at radius 3 is 2.57 bits per heavy atom. The SMILES string of the molecule is Cc1nn(CCC#N)c(N)c1S(=O)(=O)c1cc(Cl)c(N)cc1Cl. The van der Waals surface area contributed by atoms with E-state index >= 15 is 0 Å². The maximum Gasteiger partial charge on any atom is 0.213 e. The molecular weight excluding hydrogens is 361 g/mol. The molecule has 0 spiro atoms. The van der Waals surface area contributed by atoms with Crippen molar-refractivity contribution in [2.45, 2.75) is 29.7 Å². The lowest BCUT2D eigenvalue weighted by atomic mass is 10.3. The van der Waals surface area contributed by atoms with Crippen LogP contribution in [0.3, 0.4) is 0 Å². The van der Waals surface area contributed by atoms with Crippen molar-refractivity contribution >= 4 is 44.5 Å². The van der Waals surface area contributed by atoms with Gasteiger partial charge in [-0.1, -0.05) is 23.2 Å². The minimum Gasteiger partial charge on any atom is -0.397 e. The Labute approximate surface area is 143 Å². The van der Waals surface area contributed by atoms with Crippen molar-refractivity contribution < 1.29 is 8.42 Å². The highest BCUT2D eigenvalue weighted by molar-refractivity contribution is 7.91. The molecule has 1 aromatic carbocycles. The van der Waals surface area contributed by atoms with Gasteiger partial charge >= 0.3 is 0 Å². The molecule has 1 aromatic heterocycles. The number of nitrogen functional groups attached to an aromatic ring is 2. The van der Waals surface area contributed by atoms with Crippen LogP contribution in [0.4, 0.5) is 11.5 Å². The van der Waals surface area contributed by atoms with Gasteiger partial charge < -0.3 is 11.5 Å². The minimum absolute atomic E-state index is 0.0539. The van der Waals surface area contributed by atoms with Gasteiger partial charge in [-0.15, -0.1) is 0 Å². The fourth-order valence-corrected chi connectivity index (χ4v) is 4.43. The van der Waals surface area contributed by atoms with Gasteiger partial charge in [0.2, 0.25) is 9.84 Å². The van der Waals surface area contributed by atoms with E-state index in [1.807, 2.05) is 6.07 Å². The molecule has 0 bridgehead atoms. The van der Waals surface area contributed by atoms with Gasteiger partial charge in [0, 0.05) is 0 Å². The summed E-state index contributed by atoms with van der Waals surface area (Å²) in [5.74, 6) is -0.0539. The maximum atomic E-state index is 12.9. The monoisotopic (exact) mass is 373 g/mol. The molecule has 2 aromatic rings. The summed E-state index contributed by atoms with van der Waals surface area (Å²) in [7, 11) is -4.04. The molecule has 1 heterocycles. The highest BCUT2D eigenvalue weighted by Crippen LogP contribution is 2.36. The average molecular weight is 374 g/mol. The second-order valence-corrected chi connectivity index (χ2v) is 7.41. The number of anilines is 2. The van der Waals surface area contributed by atoms with Crippen molar-refractivity contribution in [3.05, 3.63) is 27.9 Å². The molecule has 0 saturated heterocycles. The van der Waals surface area contributed by atoms with Crippen molar-refractivity contribution in [1.29, 1.82) is 5.26 Å². The van der Waals surface area contributed by atoms with Crippen LogP contribution in [0.2, 0.25) is 10.0 Å². The number of aromatic nitrogens is 2. The highest BCUT2D eigenvalue weighted by atomic mass is 35.5. The van der Waals surface area contributed by atoms with Crippen LogP contribution < -0.4 is 11.5 Å². The minimum atomic E-state index is -4.04. The summed E-state index contributed by atoms with van der Waals surface area (Å²) < 4.78 is 27.0. The van der Waals surface area contributed by atoms with Crippen molar-refractivity contribution in [2.24, 2.45) is 0 Å². The number of aryl methyl sites for hydroxylation is 2. The number of benzene rings is 1. The summed E-state index contributed by atoms with van der Waals surface area (Å²) in [6, 6.07) is 4.39. The maximum absolute atomic E-state index is 12.9. The number of hydrogen-bond donors (Lipinski definition) is 2. The van der Waals surface area contributed by atoms with Crippen LogP contribution in [0.25, 0.3) is 0 Å². The van der Waals surface area contributed by atoms with Crippen LogP contribution in [0, 0.1) is 18.3 Å². The molecule has 0 fully saturated rings. The van der Waals surface area contributed by atoms with Crippen LogP contribution in [0.5, 0.6) is 0 Å².